The van der Waals surface area contributed by atoms with Gasteiger partial charge in [0.2, 0.25) is 0 Å². The summed E-state index contributed by atoms with van der Waals surface area (Å²) in [4.78, 5) is 10.5. The van der Waals surface area contributed by atoms with Crippen molar-refractivity contribution in [3.8, 4) is 78.4 Å². The molecule has 0 spiro atoms. The zero-order valence-electron chi connectivity index (χ0n) is 35.2. The zero-order chi connectivity index (χ0) is 42.1. The summed E-state index contributed by atoms with van der Waals surface area (Å²) < 4.78 is 0. The molecule has 0 atom stereocenters. The van der Waals surface area contributed by atoms with Gasteiger partial charge in [0, 0.05) is 22.1 Å². The largest absolute Gasteiger partial charge is 0.228 e. The van der Waals surface area contributed by atoms with Gasteiger partial charge in [0.1, 0.15) is 0 Å². The lowest BCUT2D eigenvalue weighted by molar-refractivity contribution is 0.660. The first-order chi connectivity index (χ1) is 31.0. The molecule has 0 saturated heterocycles. The summed E-state index contributed by atoms with van der Waals surface area (Å²) in [6, 6.07) is 79.1. The lowest BCUT2D eigenvalue weighted by Gasteiger charge is -2.22. The van der Waals surface area contributed by atoms with Crippen LogP contribution in [-0.2, 0) is 5.41 Å². The van der Waals surface area contributed by atoms with Crippen molar-refractivity contribution in [1.29, 1.82) is 0 Å². The fraction of sp³-hybridized carbons (Fsp3) is 0.0492. The van der Waals surface area contributed by atoms with Gasteiger partial charge >= 0.3 is 0 Å². The van der Waals surface area contributed by atoms with E-state index in [0.717, 1.165) is 33.6 Å². The third-order valence-electron chi connectivity index (χ3n) is 13.3. The highest BCUT2D eigenvalue weighted by Crippen LogP contribution is 2.49. The van der Waals surface area contributed by atoms with Crippen LogP contribution in [0.1, 0.15) is 25.0 Å². The fourth-order valence-electron chi connectivity index (χ4n) is 9.97. The van der Waals surface area contributed by atoms with Crippen molar-refractivity contribution < 1.29 is 0 Å². The molecule has 2 heteroatoms. The molecule has 296 valence electrons. The standard InChI is InChI=1S/C61H42N2/c1-61(2)55-19-11-10-18-51(55)52-34-33-47(37-56(52)61)41-22-26-44(27-23-41)58-38-57(43-24-20-40(21-25-43)39-12-4-3-5-13-39)62-60(63-58)46-30-28-45(29-31-46)59-50-17-9-7-15-48(50)36-54-49-16-8-6-14-42(49)32-35-53(54)59/h3-38H,1-2H3. The predicted molar refractivity (Wildman–Crippen MR) is 265 cm³/mol. The van der Waals surface area contributed by atoms with Crippen molar-refractivity contribution >= 4 is 32.3 Å². The molecule has 0 unspecified atom stereocenters. The lowest BCUT2D eigenvalue weighted by atomic mass is 9.81. The average molecular weight is 803 g/mol. The van der Waals surface area contributed by atoms with E-state index >= 15 is 0 Å². The second-order valence-electron chi connectivity index (χ2n) is 17.3. The van der Waals surface area contributed by atoms with Crippen LogP contribution in [0.4, 0.5) is 0 Å². The van der Waals surface area contributed by atoms with Crippen LogP contribution in [0.2, 0.25) is 0 Å². The van der Waals surface area contributed by atoms with E-state index in [0.29, 0.717) is 5.82 Å². The first-order valence-electron chi connectivity index (χ1n) is 21.8. The molecule has 63 heavy (non-hydrogen) atoms. The van der Waals surface area contributed by atoms with Crippen LogP contribution in [-0.4, -0.2) is 9.97 Å². The topological polar surface area (TPSA) is 25.8 Å². The molecule has 0 amide bonds. The number of nitrogens with zero attached hydrogens (tertiary/aromatic N) is 2. The summed E-state index contributed by atoms with van der Waals surface area (Å²) in [6.45, 7) is 4.68. The van der Waals surface area contributed by atoms with E-state index < -0.39 is 0 Å². The van der Waals surface area contributed by atoms with Crippen molar-refractivity contribution in [2.45, 2.75) is 19.3 Å². The Morgan fingerprint density at radius 2 is 0.825 bits per heavy atom. The average Bonchev–Trinajstić information content (AvgIpc) is 3.58. The minimum Gasteiger partial charge on any atom is -0.228 e. The summed E-state index contributed by atoms with van der Waals surface area (Å²) in [5, 5.41) is 7.50. The minimum atomic E-state index is -0.0509. The van der Waals surface area contributed by atoms with Crippen molar-refractivity contribution in [2.75, 3.05) is 0 Å². The first kappa shape index (κ1) is 36.9. The van der Waals surface area contributed by atoms with Gasteiger partial charge in [0.05, 0.1) is 11.4 Å². The number of fused-ring (bicyclic) bond motifs is 7. The van der Waals surface area contributed by atoms with Gasteiger partial charge in [-0.05, 0) is 106 Å². The summed E-state index contributed by atoms with van der Waals surface area (Å²) >= 11 is 0. The number of hydrogen-bond donors (Lipinski definition) is 0. The van der Waals surface area contributed by atoms with Crippen molar-refractivity contribution in [2.24, 2.45) is 0 Å². The van der Waals surface area contributed by atoms with Gasteiger partial charge in [-0.25, -0.2) is 9.97 Å². The van der Waals surface area contributed by atoms with Crippen molar-refractivity contribution in [3.63, 3.8) is 0 Å². The van der Waals surface area contributed by atoms with E-state index in [1.54, 1.807) is 0 Å². The smallest absolute Gasteiger partial charge is 0.160 e. The molecule has 0 fully saturated rings. The Bertz CT molecular complexity index is 3550. The maximum atomic E-state index is 5.28. The molecule has 2 nitrogen and oxygen atoms in total. The van der Waals surface area contributed by atoms with Gasteiger partial charge in [0.25, 0.3) is 0 Å². The Labute approximate surface area is 367 Å². The normalized spacial score (nSPS) is 12.7. The van der Waals surface area contributed by atoms with E-state index in [1.807, 2.05) is 0 Å². The summed E-state index contributed by atoms with van der Waals surface area (Å²) in [7, 11) is 0. The summed E-state index contributed by atoms with van der Waals surface area (Å²) in [5.41, 5.74) is 17.4. The van der Waals surface area contributed by atoms with E-state index in [4.69, 9.17) is 9.97 Å². The summed E-state index contributed by atoms with van der Waals surface area (Å²) in [6.07, 6.45) is 0. The minimum absolute atomic E-state index is 0.0509. The van der Waals surface area contributed by atoms with Crippen LogP contribution in [0.25, 0.3) is 111 Å². The molecule has 11 aromatic rings. The third kappa shape index (κ3) is 6.25. The Morgan fingerprint density at radius 1 is 0.302 bits per heavy atom. The second kappa shape index (κ2) is 14.6. The fourth-order valence-corrected chi connectivity index (χ4v) is 9.97. The Balaban J connectivity index is 0.945. The van der Waals surface area contributed by atoms with Gasteiger partial charge in [-0.15, -0.1) is 0 Å². The molecular formula is C61H42N2. The molecule has 1 heterocycles. The number of benzene rings is 10. The zero-order valence-corrected chi connectivity index (χ0v) is 35.2. The maximum absolute atomic E-state index is 5.28. The molecule has 0 radical (unpaired) electrons. The maximum Gasteiger partial charge on any atom is 0.160 e. The predicted octanol–water partition coefficient (Wildman–Crippen LogP) is 16.2. The number of rotatable bonds is 6. The molecule has 12 rings (SSSR count). The molecule has 0 bridgehead atoms. The van der Waals surface area contributed by atoms with Gasteiger partial charge in [-0.2, -0.15) is 0 Å². The van der Waals surface area contributed by atoms with Gasteiger partial charge in [-0.1, -0.05) is 214 Å². The van der Waals surface area contributed by atoms with Crippen LogP contribution in [0, 0.1) is 0 Å². The van der Waals surface area contributed by atoms with Crippen LogP contribution in [0.5, 0.6) is 0 Å². The molecule has 1 aliphatic carbocycles. The monoisotopic (exact) mass is 802 g/mol. The van der Waals surface area contributed by atoms with E-state index in [-0.39, 0.29) is 5.41 Å². The summed E-state index contributed by atoms with van der Waals surface area (Å²) in [5.74, 6) is 0.694. The van der Waals surface area contributed by atoms with Crippen molar-refractivity contribution in [3.05, 3.63) is 230 Å². The van der Waals surface area contributed by atoms with E-state index in [2.05, 4.69) is 232 Å². The Morgan fingerprint density at radius 3 is 1.56 bits per heavy atom. The quantitative estimate of drug-likeness (QED) is 0.124. The van der Waals surface area contributed by atoms with Crippen LogP contribution in [0.15, 0.2) is 218 Å². The highest BCUT2D eigenvalue weighted by atomic mass is 14.9. The molecule has 0 aliphatic heterocycles. The Kier molecular flexibility index (Phi) is 8.55. The molecule has 0 saturated carbocycles. The highest BCUT2D eigenvalue weighted by molar-refractivity contribution is 6.20. The molecular weight excluding hydrogens is 761 g/mol. The third-order valence-corrected chi connectivity index (χ3v) is 13.3. The number of hydrogen-bond acceptors (Lipinski definition) is 2. The molecule has 0 N–H and O–H groups in total. The number of aromatic nitrogens is 2. The van der Waals surface area contributed by atoms with Crippen LogP contribution in [0.3, 0.4) is 0 Å². The molecule has 10 aromatic carbocycles. The second-order valence-corrected chi connectivity index (χ2v) is 17.3. The molecule has 1 aliphatic rings. The van der Waals surface area contributed by atoms with Gasteiger partial charge in [0.15, 0.2) is 5.82 Å². The Hall–Kier alpha value is -7.94. The lowest BCUT2D eigenvalue weighted by Crippen LogP contribution is -2.14. The van der Waals surface area contributed by atoms with Crippen LogP contribution >= 0.6 is 0 Å². The molecule has 1 aromatic heterocycles. The highest BCUT2D eigenvalue weighted by Gasteiger charge is 2.35. The van der Waals surface area contributed by atoms with Gasteiger partial charge < -0.3 is 0 Å². The van der Waals surface area contributed by atoms with E-state index in [9.17, 15) is 0 Å². The van der Waals surface area contributed by atoms with Crippen molar-refractivity contribution in [1.82, 2.24) is 9.97 Å². The van der Waals surface area contributed by atoms with Gasteiger partial charge in [-0.3, -0.25) is 0 Å². The van der Waals surface area contributed by atoms with E-state index in [1.165, 1.54) is 82.4 Å². The van der Waals surface area contributed by atoms with Crippen LogP contribution < -0.4 is 0 Å². The first-order valence-corrected chi connectivity index (χ1v) is 21.8. The SMILES string of the molecule is CC1(C)c2ccccc2-c2ccc(-c3ccc(-c4cc(-c5ccc(-c6ccccc6)cc5)nc(-c5ccc(-c6c7ccccc7cc7c6ccc6ccccc67)cc5)n4)cc3)cc21.